The highest BCUT2D eigenvalue weighted by Gasteiger charge is 2.36. The zero-order chi connectivity index (χ0) is 12.8. The van der Waals surface area contributed by atoms with Gasteiger partial charge in [0.15, 0.2) is 11.6 Å². The van der Waals surface area contributed by atoms with Crippen LogP contribution >= 0.6 is 0 Å². The summed E-state index contributed by atoms with van der Waals surface area (Å²) in [5.74, 6) is -1.25. The molecule has 1 heterocycles. The number of rotatable bonds is 2. The molecule has 3 heteroatoms. The molecule has 0 N–H and O–H groups in total. The summed E-state index contributed by atoms with van der Waals surface area (Å²) in [6.45, 7) is 9.79. The van der Waals surface area contributed by atoms with Crippen molar-refractivity contribution < 1.29 is 8.78 Å². The second-order valence-electron chi connectivity index (χ2n) is 6.01. The summed E-state index contributed by atoms with van der Waals surface area (Å²) in [6, 6.07) is 3.08. The van der Waals surface area contributed by atoms with Crippen molar-refractivity contribution in [2.75, 3.05) is 18.0 Å². The number of hydrogen-bond donors (Lipinski definition) is 0. The second-order valence-corrected chi connectivity index (χ2v) is 6.01. The lowest BCUT2D eigenvalue weighted by Gasteiger charge is -2.47. The Morgan fingerprint density at radius 1 is 1.18 bits per heavy atom. The maximum atomic E-state index is 13.8. The van der Waals surface area contributed by atoms with Gasteiger partial charge < -0.3 is 4.90 Å². The first kappa shape index (κ1) is 12.3. The van der Waals surface area contributed by atoms with Crippen molar-refractivity contribution >= 4 is 5.69 Å². The first-order valence-electron chi connectivity index (χ1n) is 6.04. The minimum absolute atomic E-state index is 0.205. The van der Waals surface area contributed by atoms with Crippen LogP contribution in [0.1, 0.15) is 39.2 Å². The first-order valence-corrected chi connectivity index (χ1v) is 6.04. The monoisotopic (exact) mass is 239 g/mol. The van der Waals surface area contributed by atoms with Crippen molar-refractivity contribution in [3.05, 3.63) is 29.3 Å². The molecule has 1 aromatic rings. The molecule has 0 saturated carbocycles. The minimum Gasteiger partial charge on any atom is -0.368 e. The van der Waals surface area contributed by atoms with Crippen molar-refractivity contribution in [1.82, 2.24) is 0 Å². The largest absolute Gasteiger partial charge is 0.368 e. The third-order valence-electron chi connectivity index (χ3n) is 3.28. The number of anilines is 1. The molecular weight excluding hydrogens is 220 g/mol. The average Bonchev–Trinajstić information content (AvgIpc) is 2.18. The molecule has 1 saturated heterocycles. The average molecular weight is 239 g/mol. The zero-order valence-corrected chi connectivity index (χ0v) is 10.8. The lowest BCUT2D eigenvalue weighted by molar-refractivity contribution is 0.273. The lowest BCUT2D eigenvalue weighted by atomic mass is 9.83. The van der Waals surface area contributed by atoms with Gasteiger partial charge in [0.1, 0.15) is 0 Å². The Hall–Kier alpha value is -1.12. The van der Waals surface area contributed by atoms with Gasteiger partial charge in [-0.1, -0.05) is 27.7 Å². The lowest BCUT2D eigenvalue weighted by Crippen LogP contribution is -2.53. The number of hydrogen-bond acceptors (Lipinski definition) is 1. The fourth-order valence-electron chi connectivity index (χ4n) is 2.32. The van der Waals surface area contributed by atoms with Crippen molar-refractivity contribution in [2.45, 2.75) is 33.6 Å². The van der Waals surface area contributed by atoms with Gasteiger partial charge in [-0.2, -0.15) is 0 Å². The highest BCUT2D eigenvalue weighted by atomic mass is 19.2. The molecule has 0 aromatic heterocycles. The molecule has 0 radical (unpaired) electrons. The molecule has 94 valence electrons. The van der Waals surface area contributed by atoms with Crippen molar-refractivity contribution in [3.8, 4) is 0 Å². The Bertz CT molecular complexity index is 430. The quantitative estimate of drug-likeness (QED) is 0.755. The van der Waals surface area contributed by atoms with E-state index in [0.717, 1.165) is 18.7 Å². The van der Waals surface area contributed by atoms with Crippen LogP contribution in [0, 0.1) is 17.0 Å². The van der Waals surface area contributed by atoms with Gasteiger partial charge in [0.05, 0.1) is 5.69 Å². The van der Waals surface area contributed by atoms with Crippen LogP contribution < -0.4 is 4.90 Å². The molecule has 0 unspecified atom stereocenters. The van der Waals surface area contributed by atoms with E-state index in [9.17, 15) is 8.78 Å². The summed E-state index contributed by atoms with van der Waals surface area (Å²) in [4.78, 5) is 1.91. The third kappa shape index (κ3) is 2.28. The van der Waals surface area contributed by atoms with Crippen LogP contribution in [0.25, 0.3) is 0 Å². The molecule has 1 aromatic carbocycles. The summed E-state index contributed by atoms with van der Waals surface area (Å²) < 4.78 is 27.3. The van der Waals surface area contributed by atoms with Gasteiger partial charge in [-0.15, -0.1) is 0 Å². The zero-order valence-electron chi connectivity index (χ0n) is 10.8. The fourth-order valence-corrected chi connectivity index (χ4v) is 2.32. The van der Waals surface area contributed by atoms with E-state index >= 15 is 0 Å². The molecule has 0 amide bonds. The topological polar surface area (TPSA) is 3.24 Å². The molecule has 1 fully saturated rings. The van der Waals surface area contributed by atoms with Crippen LogP contribution in [-0.4, -0.2) is 13.1 Å². The van der Waals surface area contributed by atoms with Gasteiger partial charge in [-0.25, -0.2) is 8.78 Å². The summed E-state index contributed by atoms with van der Waals surface area (Å²) in [5.41, 5.74) is 1.47. The normalized spacial score (nSPS) is 18.4. The van der Waals surface area contributed by atoms with Crippen LogP contribution in [0.2, 0.25) is 0 Å². The Labute approximate surface area is 101 Å². The summed E-state index contributed by atoms with van der Waals surface area (Å²) in [5, 5.41) is 0. The van der Waals surface area contributed by atoms with Crippen molar-refractivity contribution in [2.24, 2.45) is 5.41 Å². The van der Waals surface area contributed by atoms with Gasteiger partial charge in [-0.05, 0) is 29.0 Å². The second kappa shape index (κ2) is 3.97. The van der Waals surface area contributed by atoms with Gasteiger partial charge in [0, 0.05) is 13.1 Å². The van der Waals surface area contributed by atoms with E-state index in [0.29, 0.717) is 5.69 Å². The van der Waals surface area contributed by atoms with Crippen LogP contribution in [-0.2, 0) is 0 Å². The van der Waals surface area contributed by atoms with E-state index in [1.54, 1.807) is 6.07 Å². The Kier molecular flexibility index (Phi) is 2.88. The Morgan fingerprint density at radius 3 is 2.24 bits per heavy atom. The third-order valence-corrected chi connectivity index (χ3v) is 3.28. The molecule has 0 aliphatic carbocycles. The standard InChI is InChI=1S/C14H19F2N/c1-9(2)10-5-11(15)13(16)12(6-10)17-7-14(3,4)8-17/h5-6,9H,7-8H2,1-4H3. The van der Waals surface area contributed by atoms with E-state index in [4.69, 9.17) is 0 Å². The molecule has 0 bridgehead atoms. The van der Waals surface area contributed by atoms with E-state index in [1.807, 2.05) is 18.7 Å². The van der Waals surface area contributed by atoms with E-state index < -0.39 is 11.6 Å². The van der Waals surface area contributed by atoms with Gasteiger partial charge in [0.2, 0.25) is 0 Å². The SMILES string of the molecule is CC(C)c1cc(F)c(F)c(N2CC(C)(C)C2)c1. The predicted octanol–water partition coefficient (Wildman–Crippen LogP) is 3.93. The summed E-state index contributed by atoms with van der Waals surface area (Å²) in [7, 11) is 0. The molecule has 0 atom stereocenters. The van der Waals surface area contributed by atoms with E-state index in [2.05, 4.69) is 13.8 Å². The molecule has 1 nitrogen and oxygen atoms in total. The van der Waals surface area contributed by atoms with Crippen LogP contribution in [0.15, 0.2) is 12.1 Å². The highest BCUT2D eigenvalue weighted by Crippen LogP contribution is 2.36. The molecular formula is C14H19F2N. The molecule has 1 aliphatic heterocycles. The van der Waals surface area contributed by atoms with Gasteiger partial charge in [0.25, 0.3) is 0 Å². The smallest absolute Gasteiger partial charge is 0.182 e. The highest BCUT2D eigenvalue weighted by molar-refractivity contribution is 5.53. The van der Waals surface area contributed by atoms with Crippen LogP contribution in [0.4, 0.5) is 14.5 Å². The Morgan fingerprint density at radius 2 is 1.76 bits per heavy atom. The first-order chi connectivity index (χ1) is 7.80. The van der Waals surface area contributed by atoms with Crippen molar-refractivity contribution in [1.29, 1.82) is 0 Å². The Balaban J connectivity index is 2.34. The maximum Gasteiger partial charge on any atom is 0.182 e. The predicted molar refractivity (Wildman–Crippen MR) is 66.4 cm³/mol. The van der Waals surface area contributed by atoms with Crippen molar-refractivity contribution in [3.63, 3.8) is 0 Å². The maximum absolute atomic E-state index is 13.8. The molecule has 2 rings (SSSR count). The van der Waals surface area contributed by atoms with Crippen LogP contribution in [0.5, 0.6) is 0 Å². The minimum atomic E-state index is -0.740. The number of nitrogens with zero attached hydrogens (tertiary/aromatic N) is 1. The van der Waals surface area contributed by atoms with E-state index in [-0.39, 0.29) is 11.3 Å². The van der Waals surface area contributed by atoms with Crippen LogP contribution in [0.3, 0.4) is 0 Å². The fraction of sp³-hybridized carbons (Fsp3) is 0.571. The molecule has 17 heavy (non-hydrogen) atoms. The molecule has 1 aliphatic rings. The molecule has 0 spiro atoms. The number of halogens is 2. The summed E-state index contributed by atoms with van der Waals surface area (Å²) >= 11 is 0. The summed E-state index contributed by atoms with van der Waals surface area (Å²) in [6.07, 6.45) is 0. The number of benzene rings is 1. The van der Waals surface area contributed by atoms with Gasteiger partial charge >= 0.3 is 0 Å². The van der Waals surface area contributed by atoms with Gasteiger partial charge in [-0.3, -0.25) is 0 Å². The van der Waals surface area contributed by atoms with E-state index in [1.165, 1.54) is 6.07 Å².